The first-order valence-electron chi connectivity index (χ1n) is 9.13. The van der Waals surface area contributed by atoms with Gasteiger partial charge in [-0.3, -0.25) is 4.79 Å². The maximum absolute atomic E-state index is 12.9. The summed E-state index contributed by atoms with van der Waals surface area (Å²) < 4.78 is 5.05. The molecule has 8 heteroatoms. The van der Waals surface area contributed by atoms with Crippen molar-refractivity contribution in [3.63, 3.8) is 0 Å². The predicted octanol–water partition coefficient (Wildman–Crippen LogP) is 4.82. The zero-order valence-corrected chi connectivity index (χ0v) is 17.9. The number of amides is 1. The standard InChI is InChI=1S/C21H20N4O2S2/c1-13-22-20(25-27-13)21(2,3)24-17(26)12-16-18(15-10-7-11-28-15)23-19(29-16)14-8-5-4-6-9-14/h4-11H,12H2,1-3H3,(H,24,26). The lowest BCUT2D eigenvalue weighted by Gasteiger charge is -2.22. The summed E-state index contributed by atoms with van der Waals surface area (Å²) in [7, 11) is 0. The van der Waals surface area contributed by atoms with Gasteiger partial charge >= 0.3 is 0 Å². The highest BCUT2D eigenvalue weighted by molar-refractivity contribution is 7.17. The van der Waals surface area contributed by atoms with Crippen LogP contribution in [0.25, 0.3) is 21.1 Å². The molecule has 0 atom stereocenters. The molecule has 0 saturated carbocycles. The predicted molar refractivity (Wildman–Crippen MR) is 115 cm³/mol. The van der Waals surface area contributed by atoms with Gasteiger partial charge < -0.3 is 9.84 Å². The fourth-order valence-corrected chi connectivity index (χ4v) is 4.81. The summed E-state index contributed by atoms with van der Waals surface area (Å²) in [6, 6.07) is 14.0. The van der Waals surface area contributed by atoms with Crippen LogP contribution in [0.1, 0.15) is 30.4 Å². The Kier molecular flexibility index (Phi) is 5.29. The summed E-state index contributed by atoms with van der Waals surface area (Å²) in [6.45, 7) is 5.44. The van der Waals surface area contributed by atoms with Crippen molar-refractivity contribution in [2.75, 3.05) is 0 Å². The molecule has 0 radical (unpaired) electrons. The van der Waals surface area contributed by atoms with Crippen molar-refractivity contribution in [1.82, 2.24) is 20.4 Å². The number of hydrogen-bond acceptors (Lipinski definition) is 7. The lowest BCUT2D eigenvalue weighted by molar-refractivity contribution is -0.122. The van der Waals surface area contributed by atoms with Gasteiger partial charge in [-0.25, -0.2) is 4.98 Å². The Bertz CT molecular complexity index is 1110. The number of thiophene rings is 1. The van der Waals surface area contributed by atoms with Crippen molar-refractivity contribution in [2.45, 2.75) is 32.7 Å². The fourth-order valence-electron chi connectivity index (χ4n) is 2.93. The molecule has 3 heterocycles. The van der Waals surface area contributed by atoms with Crippen LogP contribution < -0.4 is 5.32 Å². The average Bonchev–Trinajstić information content (AvgIpc) is 3.42. The number of carbonyl (C=O) groups is 1. The summed E-state index contributed by atoms with van der Waals surface area (Å²) in [6.07, 6.45) is 0.234. The number of aromatic nitrogens is 3. The molecular formula is C21H20N4O2S2. The first-order chi connectivity index (χ1) is 13.9. The van der Waals surface area contributed by atoms with E-state index >= 15 is 0 Å². The molecule has 4 rings (SSSR count). The van der Waals surface area contributed by atoms with Gasteiger partial charge in [-0.1, -0.05) is 41.6 Å². The number of nitrogens with one attached hydrogen (secondary N) is 1. The van der Waals surface area contributed by atoms with Gasteiger partial charge in [-0.2, -0.15) is 4.98 Å². The minimum atomic E-state index is -0.731. The number of rotatable bonds is 6. The smallest absolute Gasteiger partial charge is 0.226 e. The van der Waals surface area contributed by atoms with Crippen LogP contribution in [0.4, 0.5) is 0 Å². The zero-order chi connectivity index (χ0) is 20.4. The van der Waals surface area contributed by atoms with Crippen molar-refractivity contribution in [3.05, 3.63) is 64.4 Å². The van der Waals surface area contributed by atoms with Crippen LogP contribution in [0.5, 0.6) is 0 Å². The minimum absolute atomic E-state index is 0.112. The van der Waals surface area contributed by atoms with Crippen molar-refractivity contribution in [2.24, 2.45) is 0 Å². The monoisotopic (exact) mass is 424 g/mol. The lowest BCUT2D eigenvalue weighted by atomic mass is 10.0. The summed E-state index contributed by atoms with van der Waals surface area (Å²) in [5.74, 6) is 0.812. The molecular weight excluding hydrogens is 404 g/mol. The maximum Gasteiger partial charge on any atom is 0.226 e. The highest BCUT2D eigenvalue weighted by atomic mass is 32.1. The second kappa shape index (κ2) is 7.88. The Morgan fingerprint density at radius 2 is 1.93 bits per heavy atom. The molecule has 0 bridgehead atoms. The SMILES string of the molecule is Cc1nc(C(C)(C)NC(=O)Cc2sc(-c3ccccc3)nc2-c2cccs2)no1. The molecule has 0 aliphatic carbocycles. The van der Waals surface area contributed by atoms with E-state index in [0.29, 0.717) is 11.7 Å². The maximum atomic E-state index is 12.9. The largest absolute Gasteiger partial charge is 0.343 e. The van der Waals surface area contributed by atoms with Gasteiger partial charge in [-0.15, -0.1) is 22.7 Å². The Hall–Kier alpha value is -2.84. The normalized spacial score (nSPS) is 11.6. The second-order valence-electron chi connectivity index (χ2n) is 7.12. The number of aryl methyl sites for hydroxylation is 1. The van der Waals surface area contributed by atoms with E-state index in [9.17, 15) is 4.79 Å². The molecule has 0 unspecified atom stereocenters. The molecule has 0 aliphatic heterocycles. The number of carbonyl (C=O) groups excluding carboxylic acids is 1. The summed E-state index contributed by atoms with van der Waals surface area (Å²) in [5, 5.41) is 9.88. The molecule has 0 saturated heterocycles. The molecule has 0 aliphatic rings. The van der Waals surface area contributed by atoms with E-state index in [1.165, 1.54) is 0 Å². The molecule has 1 amide bonds. The Balaban J connectivity index is 1.60. The van der Waals surface area contributed by atoms with E-state index in [4.69, 9.17) is 9.51 Å². The fraction of sp³-hybridized carbons (Fsp3) is 0.238. The molecule has 0 spiro atoms. The summed E-state index contributed by atoms with van der Waals surface area (Å²) in [4.78, 5) is 23.9. The molecule has 1 aromatic carbocycles. The molecule has 1 N–H and O–H groups in total. The van der Waals surface area contributed by atoms with Gasteiger partial charge in [0, 0.05) is 17.4 Å². The van der Waals surface area contributed by atoms with Crippen LogP contribution in [0, 0.1) is 6.92 Å². The van der Waals surface area contributed by atoms with E-state index < -0.39 is 5.54 Å². The average molecular weight is 425 g/mol. The molecule has 6 nitrogen and oxygen atoms in total. The number of benzene rings is 1. The van der Waals surface area contributed by atoms with Crippen LogP contribution in [0.3, 0.4) is 0 Å². The Morgan fingerprint density at radius 3 is 2.59 bits per heavy atom. The van der Waals surface area contributed by atoms with E-state index in [1.807, 2.05) is 61.7 Å². The topological polar surface area (TPSA) is 80.9 Å². The van der Waals surface area contributed by atoms with Crippen molar-refractivity contribution in [1.29, 1.82) is 0 Å². The van der Waals surface area contributed by atoms with E-state index in [2.05, 4.69) is 15.5 Å². The van der Waals surface area contributed by atoms with Gasteiger partial charge in [0.25, 0.3) is 0 Å². The molecule has 3 aromatic heterocycles. The zero-order valence-electron chi connectivity index (χ0n) is 16.3. The van der Waals surface area contributed by atoms with Gasteiger partial charge in [-0.05, 0) is 25.3 Å². The van der Waals surface area contributed by atoms with Gasteiger partial charge in [0.1, 0.15) is 5.01 Å². The highest BCUT2D eigenvalue weighted by Crippen LogP contribution is 2.36. The lowest BCUT2D eigenvalue weighted by Crippen LogP contribution is -2.42. The third kappa shape index (κ3) is 4.28. The first kappa shape index (κ1) is 19.5. The summed E-state index contributed by atoms with van der Waals surface area (Å²) >= 11 is 3.17. The van der Waals surface area contributed by atoms with E-state index in [0.717, 1.165) is 26.0 Å². The van der Waals surface area contributed by atoms with Crippen molar-refractivity contribution >= 4 is 28.6 Å². The number of hydrogen-bond donors (Lipinski definition) is 1. The first-order valence-corrected chi connectivity index (χ1v) is 10.8. The third-order valence-corrected chi connectivity index (χ3v) is 6.31. The van der Waals surface area contributed by atoms with Crippen molar-refractivity contribution in [3.8, 4) is 21.1 Å². The van der Waals surface area contributed by atoms with Gasteiger partial charge in [0.2, 0.25) is 11.8 Å². The molecule has 148 valence electrons. The quantitative estimate of drug-likeness (QED) is 0.480. The van der Waals surface area contributed by atoms with E-state index in [-0.39, 0.29) is 12.3 Å². The highest BCUT2D eigenvalue weighted by Gasteiger charge is 2.29. The third-order valence-electron chi connectivity index (χ3n) is 4.33. The second-order valence-corrected chi connectivity index (χ2v) is 9.15. The van der Waals surface area contributed by atoms with Gasteiger partial charge in [0.05, 0.1) is 22.5 Å². The number of thiazole rings is 1. The van der Waals surface area contributed by atoms with Crippen LogP contribution in [0.15, 0.2) is 52.4 Å². The van der Waals surface area contributed by atoms with Crippen LogP contribution in [0.2, 0.25) is 0 Å². The summed E-state index contributed by atoms with van der Waals surface area (Å²) in [5.41, 5.74) is 1.18. The van der Waals surface area contributed by atoms with Crippen molar-refractivity contribution < 1.29 is 9.32 Å². The molecule has 4 aromatic rings. The van der Waals surface area contributed by atoms with E-state index in [1.54, 1.807) is 29.6 Å². The van der Waals surface area contributed by atoms with Crippen LogP contribution in [-0.2, 0) is 16.8 Å². The van der Waals surface area contributed by atoms with Gasteiger partial charge in [0.15, 0.2) is 5.82 Å². The Labute approximate surface area is 176 Å². The van der Waals surface area contributed by atoms with Crippen LogP contribution in [-0.4, -0.2) is 21.0 Å². The molecule has 0 fully saturated rings. The number of nitrogens with zero attached hydrogens (tertiary/aromatic N) is 3. The minimum Gasteiger partial charge on any atom is -0.343 e. The van der Waals surface area contributed by atoms with Crippen LogP contribution >= 0.6 is 22.7 Å². The Morgan fingerprint density at radius 1 is 1.14 bits per heavy atom. The molecule has 29 heavy (non-hydrogen) atoms.